The Balaban J connectivity index is 0.00000225. The zero-order chi connectivity index (χ0) is 11.1. The van der Waals surface area contributed by atoms with Gasteiger partial charge in [-0.15, -0.1) is 12.4 Å². The Labute approximate surface area is 102 Å². The van der Waals surface area contributed by atoms with Crippen LogP contribution in [0.5, 0.6) is 0 Å². The van der Waals surface area contributed by atoms with Gasteiger partial charge in [0.2, 0.25) is 5.91 Å². The fraction of sp³-hybridized carbons (Fsp3) is 0.364. The van der Waals surface area contributed by atoms with Crippen molar-refractivity contribution in [3.05, 3.63) is 24.3 Å². The second-order valence-corrected chi connectivity index (χ2v) is 3.23. The van der Waals surface area contributed by atoms with Crippen molar-refractivity contribution in [3.8, 4) is 0 Å². The van der Waals surface area contributed by atoms with Crippen LogP contribution in [0.25, 0.3) is 0 Å². The molecule has 0 bridgehead atoms. The summed E-state index contributed by atoms with van der Waals surface area (Å²) in [6.45, 7) is 0.595. The Morgan fingerprint density at radius 3 is 2.75 bits per heavy atom. The number of benzene rings is 1. The molecular formula is C11H17ClN2O2. The van der Waals surface area contributed by atoms with Crippen molar-refractivity contribution in [3.63, 3.8) is 0 Å². The monoisotopic (exact) mass is 244 g/mol. The quantitative estimate of drug-likeness (QED) is 0.616. The fourth-order valence-corrected chi connectivity index (χ4v) is 1.20. The number of halogens is 1. The maximum Gasteiger partial charge on any atom is 0.224 e. The van der Waals surface area contributed by atoms with Gasteiger partial charge in [-0.2, -0.15) is 0 Å². The molecule has 90 valence electrons. The van der Waals surface area contributed by atoms with Crippen LogP contribution in [0, 0.1) is 0 Å². The maximum absolute atomic E-state index is 11.4. The predicted octanol–water partition coefficient (Wildman–Crippen LogP) is 2.06. The normalized spacial score (nSPS) is 9.31. The number of nitrogens with two attached hydrogens (primary N) is 1. The third kappa shape index (κ3) is 5.00. The molecule has 16 heavy (non-hydrogen) atoms. The van der Waals surface area contributed by atoms with Crippen LogP contribution in [0.3, 0.4) is 0 Å². The summed E-state index contributed by atoms with van der Waals surface area (Å²) in [5, 5.41) is 2.75. The number of amides is 1. The van der Waals surface area contributed by atoms with Crippen LogP contribution in [0.1, 0.15) is 12.8 Å². The Hall–Kier alpha value is -1.26. The molecule has 1 rings (SSSR count). The van der Waals surface area contributed by atoms with Crippen molar-refractivity contribution in [1.82, 2.24) is 0 Å². The van der Waals surface area contributed by atoms with Crippen molar-refractivity contribution >= 4 is 29.7 Å². The van der Waals surface area contributed by atoms with Gasteiger partial charge >= 0.3 is 0 Å². The molecule has 0 aromatic heterocycles. The van der Waals surface area contributed by atoms with Crippen molar-refractivity contribution in [2.45, 2.75) is 12.8 Å². The van der Waals surface area contributed by atoms with E-state index in [0.717, 1.165) is 6.42 Å². The van der Waals surface area contributed by atoms with Crippen LogP contribution in [-0.2, 0) is 9.53 Å². The lowest BCUT2D eigenvalue weighted by Gasteiger charge is -2.07. The Morgan fingerprint density at radius 2 is 2.12 bits per heavy atom. The molecule has 1 aromatic carbocycles. The zero-order valence-electron chi connectivity index (χ0n) is 9.23. The van der Waals surface area contributed by atoms with E-state index in [2.05, 4.69) is 5.32 Å². The number of ether oxygens (including phenoxy) is 1. The Kier molecular flexibility index (Phi) is 7.33. The van der Waals surface area contributed by atoms with Gasteiger partial charge in [-0.05, 0) is 18.6 Å². The van der Waals surface area contributed by atoms with Crippen molar-refractivity contribution in [2.24, 2.45) is 0 Å². The summed E-state index contributed by atoms with van der Waals surface area (Å²) in [7, 11) is 1.62. The van der Waals surface area contributed by atoms with E-state index in [1.165, 1.54) is 0 Å². The van der Waals surface area contributed by atoms with Gasteiger partial charge in [-0.3, -0.25) is 4.79 Å². The van der Waals surface area contributed by atoms with Gasteiger partial charge in [0.25, 0.3) is 0 Å². The van der Waals surface area contributed by atoms with Crippen molar-refractivity contribution in [1.29, 1.82) is 0 Å². The van der Waals surface area contributed by atoms with Gasteiger partial charge < -0.3 is 15.8 Å². The lowest BCUT2D eigenvalue weighted by Crippen LogP contribution is -2.13. The Bertz CT molecular complexity index is 332. The van der Waals surface area contributed by atoms with Crippen LogP contribution < -0.4 is 11.1 Å². The number of carbonyl (C=O) groups excluding carboxylic acids is 1. The zero-order valence-corrected chi connectivity index (χ0v) is 10.0. The van der Waals surface area contributed by atoms with E-state index >= 15 is 0 Å². The topological polar surface area (TPSA) is 64.3 Å². The third-order valence-electron chi connectivity index (χ3n) is 1.99. The molecule has 0 radical (unpaired) electrons. The van der Waals surface area contributed by atoms with Gasteiger partial charge in [0.1, 0.15) is 0 Å². The Morgan fingerprint density at radius 1 is 1.44 bits per heavy atom. The summed E-state index contributed by atoms with van der Waals surface area (Å²) in [5.41, 5.74) is 6.93. The number of hydrogen-bond donors (Lipinski definition) is 2. The average molecular weight is 245 g/mol. The number of nitrogens with one attached hydrogen (secondary N) is 1. The number of nitrogen functional groups attached to an aromatic ring is 1. The molecule has 1 aromatic rings. The summed E-state index contributed by atoms with van der Waals surface area (Å²) in [6.07, 6.45) is 1.16. The average Bonchev–Trinajstić information content (AvgIpc) is 2.22. The van der Waals surface area contributed by atoms with Gasteiger partial charge in [-0.25, -0.2) is 0 Å². The SMILES string of the molecule is COCCCC(=O)Nc1ccccc1N.Cl. The molecule has 0 aliphatic heterocycles. The van der Waals surface area contributed by atoms with E-state index in [0.29, 0.717) is 24.4 Å². The summed E-state index contributed by atoms with van der Waals surface area (Å²) < 4.78 is 4.86. The van der Waals surface area contributed by atoms with Gasteiger partial charge in [0.15, 0.2) is 0 Å². The molecule has 1 amide bonds. The van der Waals surface area contributed by atoms with Crippen LogP contribution >= 0.6 is 12.4 Å². The molecule has 4 nitrogen and oxygen atoms in total. The first-order chi connectivity index (χ1) is 7.24. The summed E-state index contributed by atoms with van der Waals surface area (Å²) in [4.78, 5) is 11.4. The van der Waals surface area contributed by atoms with E-state index in [9.17, 15) is 4.79 Å². The number of methoxy groups -OCH3 is 1. The number of rotatable bonds is 5. The van der Waals surface area contributed by atoms with E-state index in [1.54, 1.807) is 19.2 Å². The van der Waals surface area contributed by atoms with Gasteiger partial charge in [-0.1, -0.05) is 12.1 Å². The third-order valence-corrected chi connectivity index (χ3v) is 1.99. The largest absolute Gasteiger partial charge is 0.397 e. The minimum Gasteiger partial charge on any atom is -0.397 e. The predicted molar refractivity (Wildman–Crippen MR) is 67.8 cm³/mol. The molecular weight excluding hydrogens is 228 g/mol. The number of hydrogen-bond acceptors (Lipinski definition) is 3. The molecule has 0 unspecified atom stereocenters. The minimum absolute atomic E-state index is 0. The second-order valence-electron chi connectivity index (χ2n) is 3.23. The molecule has 3 N–H and O–H groups in total. The van der Waals surface area contributed by atoms with E-state index in [1.807, 2.05) is 12.1 Å². The lowest BCUT2D eigenvalue weighted by molar-refractivity contribution is -0.116. The minimum atomic E-state index is -0.0371. The van der Waals surface area contributed by atoms with Gasteiger partial charge in [0.05, 0.1) is 11.4 Å². The number of anilines is 2. The molecule has 0 spiro atoms. The molecule has 0 fully saturated rings. The molecule has 0 aliphatic carbocycles. The first kappa shape index (κ1) is 14.7. The molecule has 5 heteroatoms. The lowest BCUT2D eigenvalue weighted by atomic mass is 10.2. The molecule has 0 heterocycles. The number of para-hydroxylation sites is 2. The summed E-state index contributed by atoms with van der Waals surface area (Å²) >= 11 is 0. The molecule has 0 saturated carbocycles. The van der Waals surface area contributed by atoms with E-state index in [-0.39, 0.29) is 18.3 Å². The van der Waals surface area contributed by atoms with Crippen LogP contribution in [0.4, 0.5) is 11.4 Å². The highest BCUT2D eigenvalue weighted by Crippen LogP contribution is 2.16. The summed E-state index contributed by atoms with van der Waals surface area (Å²) in [6, 6.07) is 7.20. The van der Waals surface area contributed by atoms with Crippen molar-refractivity contribution in [2.75, 3.05) is 24.8 Å². The summed E-state index contributed by atoms with van der Waals surface area (Å²) in [5.74, 6) is -0.0371. The van der Waals surface area contributed by atoms with E-state index < -0.39 is 0 Å². The van der Waals surface area contributed by atoms with E-state index in [4.69, 9.17) is 10.5 Å². The number of carbonyl (C=O) groups is 1. The first-order valence-electron chi connectivity index (χ1n) is 4.87. The van der Waals surface area contributed by atoms with Crippen molar-refractivity contribution < 1.29 is 9.53 Å². The van der Waals surface area contributed by atoms with Crippen LogP contribution in [0.2, 0.25) is 0 Å². The highest BCUT2D eigenvalue weighted by molar-refractivity contribution is 5.93. The highest BCUT2D eigenvalue weighted by Gasteiger charge is 2.03. The van der Waals surface area contributed by atoms with Crippen LogP contribution in [-0.4, -0.2) is 19.6 Å². The molecule has 0 atom stereocenters. The standard InChI is InChI=1S/C11H16N2O2.ClH/c1-15-8-4-7-11(14)13-10-6-3-2-5-9(10)12;/h2-3,5-6H,4,7-8,12H2,1H3,(H,13,14);1H. The van der Waals surface area contributed by atoms with Gasteiger partial charge in [0, 0.05) is 20.1 Å². The first-order valence-corrected chi connectivity index (χ1v) is 4.87. The second kappa shape index (κ2) is 7.96. The smallest absolute Gasteiger partial charge is 0.224 e. The molecule has 0 aliphatic rings. The molecule has 0 saturated heterocycles. The highest BCUT2D eigenvalue weighted by atomic mass is 35.5. The fourth-order valence-electron chi connectivity index (χ4n) is 1.20. The maximum atomic E-state index is 11.4. The van der Waals surface area contributed by atoms with Crippen LogP contribution in [0.15, 0.2) is 24.3 Å².